The van der Waals surface area contributed by atoms with E-state index in [9.17, 15) is 19.2 Å². The Hall–Kier alpha value is -1.27. The van der Waals surface area contributed by atoms with Crippen molar-refractivity contribution < 1.29 is 28.7 Å². The molecule has 2 N–H and O–H groups in total. The van der Waals surface area contributed by atoms with Crippen LogP contribution in [0.2, 0.25) is 0 Å². The minimum atomic E-state index is -1.84. The molecular weight excluding hydrogens is 635 g/mol. The van der Waals surface area contributed by atoms with Crippen LogP contribution in [0.15, 0.2) is 41.6 Å². The number of halogens is 6. The molecule has 1 unspecified atom stereocenters. The lowest BCUT2D eigenvalue weighted by Crippen LogP contribution is -2.71. The fourth-order valence-electron chi connectivity index (χ4n) is 3.47. The molecule has 16 heteroatoms. The number of alkyl carbamates (subject to hydrolysis) is 1. The molecule has 3 rings (SSSR count). The van der Waals surface area contributed by atoms with Gasteiger partial charge in [0.2, 0.25) is 13.5 Å². The van der Waals surface area contributed by atoms with Gasteiger partial charge in [0.05, 0.1) is 0 Å². The molecule has 37 heavy (non-hydrogen) atoms. The first-order valence-corrected chi connectivity index (χ1v) is 13.7. The Morgan fingerprint density at radius 2 is 1.65 bits per heavy atom. The number of ether oxygens (including phenoxy) is 2. The molecule has 0 aliphatic carbocycles. The molecule has 3 atom stereocenters. The summed E-state index contributed by atoms with van der Waals surface area (Å²) in [5.41, 5.74) is 1.04. The number of carbonyl (C=O) groups excluding carboxylic acids is 4. The quantitative estimate of drug-likeness (QED) is 0.255. The Kier molecular flexibility index (Phi) is 10.0. The first kappa shape index (κ1) is 30.3. The smallest absolute Gasteiger partial charge is 0.408 e. The fraction of sp³-hybridized carbons (Fsp3) is 0.429. The van der Waals surface area contributed by atoms with E-state index in [1.807, 2.05) is 0 Å². The zero-order valence-corrected chi connectivity index (χ0v) is 24.2. The Labute approximate surface area is 246 Å². The number of hydrogen-bond donors (Lipinski definition) is 2. The van der Waals surface area contributed by atoms with Crippen LogP contribution >= 0.6 is 81.4 Å². The summed E-state index contributed by atoms with van der Waals surface area (Å²) in [7, 11) is 0. The zero-order chi connectivity index (χ0) is 27.5. The molecule has 1 saturated heterocycles. The van der Waals surface area contributed by atoms with Crippen LogP contribution in [0, 0.1) is 0 Å². The normalized spacial score (nSPS) is 20.4. The Morgan fingerprint density at radius 3 is 2.24 bits per heavy atom. The summed E-state index contributed by atoms with van der Waals surface area (Å²) in [5, 5.41) is 4.45. The number of esters is 1. The van der Waals surface area contributed by atoms with Crippen molar-refractivity contribution in [3.63, 3.8) is 0 Å². The van der Waals surface area contributed by atoms with Gasteiger partial charge in [0.15, 0.2) is 0 Å². The van der Waals surface area contributed by atoms with E-state index in [2.05, 4.69) is 10.6 Å². The monoisotopic (exact) mass is 651 g/mol. The third kappa shape index (κ3) is 8.11. The molecule has 9 nitrogen and oxygen atoms in total. The van der Waals surface area contributed by atoms with E-state index in [1.54, 1.807) is 37.3 Å². The highest BCUT2D eigenvalue weighted by molar-refractivity contribution is 8.00. The van der Waals surface area contributed by atoms with Crippen LogP contribution < -0.4 is 10.6 Å². The van der Waals surface area contributed by atoms with Gasteiger partial charge < -0.3 is 20.1 Å². The molecule has 1 aromatic carbocycles. The number of fused-ring (bicyclic) bond motifs is 1. The Morgan fingerprint density at radius 1 is 1.05 bits per heavy atom. The molecular formula is C21H19Cl6N3O6S. The number of β-lactam (4-membered cyclic amide) rings is 1. The van der Waals surface area contributed by atoms with Crippen LogP contribution in [0.5, 0.6) is 0 Å². The zero-order valence-electron chi connectivity index (χ0n) is 18.8. The minimum Gasteiger partial charge on any atom is -0.456 e. The number of nitrogens with one attached hydrogen (secondary N) is 2. The van der Waals surface area contributed by atoms with Crippen LogP contribution in [0.25, 0.3) is 0 Å². The van der Waals surface area contributed by atoms with Gasteiger partial charge in [-0.1, -0.05) is 99.9 Å². The van der Waals surface area contributed by atoms with E-state index in [1.165, 1.54) is 16.7 Å². The molecule has 202 valence electrons. The van der Waals surface area contributed by atoms with Gasteiger partial charge in [0.1, 0.15) is 36.4 Å². The summed E-state index contributed by atoms with van der Waals surface area (Å²) >= 11 is 35.1. The van der Waals surface area contributed by atoms with Crippen molar-refractivity contribution in [2.45, 2.75) is 32.0 Å². The summed E-state index contributed by atoms with van der Waals surface area (Å²) in [6.07, 6.45) is -1.01. The highest BCUT2D eigenvalue weighted by Gasteiger charge is 2.54. The lowest BCUT2D eigenvalue weighted by molar-refractivity contribution is -0.153. The van der Waals surface area contributed by atoms with Gasteiger partial charge in [-0.05, 0) is 18.1 Å². The molecule has 2 aliphatic rings. The highest BCUT2D eigenvalue weighted by atomic mass is 35.6. The van der Waals surface area contributed by atoms with Crippen molar-refractivity contribution in [3.8, 4) is 0 Å². The van der Waals surface area contributed by atoms with Crippen LogP contribution in [-0.4, -0.2) is 66.7 Å². The first-order valence-electron chi connectivity index (χ1n) is 10.4. The molecule has 2 aliphatic heterocycles. The number of nitrogens with zero attached hydrogens (tertiary/aromatic N) is 1. The minimum absolute atomic E-state index is 0.0292. The van der Waals surface area contributed by atoms with Gasteiger partial charge in [-0.15, -0.1) is 11.8 Å². The summed E-state index contributed by atoms with van der Waals surface area (Å²) in [4.78, 5) is 52.4. The number of hydrogen-bond acceptors (Lipinski definition) is 7. The predicted octanol–water partition coefficient (Wildman–Crippen LogP) is 4.41. The van der Waals surface area contributed by atoms with Gasteiger partial charge in [-0.2, -0.15) is 0 Å². The summed E-state index contributed by atoms with van der Waals surface area (Å²) in [6.45, 7) is 0.614. The van der Waals surface area contributed by atoms with Crippen molar-refractivity contribution in [2.75, 3.05) is 19.0 Å². The maximum absolute atomic E-state index is 13.2. The molecule has 3 amide bonds. The number of alkyl halides is 6. The summed E-state index contributed by atoms with van der Waals surface area (Å²) < 4.78 is 6.26. The van der Waals surface area contributed by atoms with Gasteiger partial charge in [0.25, 0.3) is 5.91 Å². The SMILES string of the molecule is CC1=C(C(=O)OCC(Cl)(Cl)Cl)N2C(=O)[C@@H](NC(=O)C(NC(=O)OCC(Cl)(Cl)Cl)c3ccccc3)[C@@H]2SC1. The van der Waals surface area contributed by atoms with Gasteiger partial charge in [-0.25, -0.2) is 9.59 Å². The number of thioether (sulfide) groups is 1. The molecule has 0 spiro atoms. The molecule has 2 heterocycles. The molecule has 1 fully saturated rings. The second kappa shape index (κ2) is 12.3. The number of rotatable bonds is 7. The van der Waals surface area contributed by atoms with Crippen molar-refractivity contribution in [1.29, 1.82) is 0 Å². The number of amides is 3. The third-order valence-corrected chi connectivity index (χ3v) is 7.12. The van der Waals surface area contributed by atoms with E-state index in [4.69, 9.17) is 79.1 Å². The topological polar surface area (TPSA) is 114 Å². The lowest BCUT2D eigenvalue weighted by Gasteiger charge is -2.49. The predicted molar refractivity (Wildman–Crippen MR) is 143 cm³/mol. The van der Waals surface area contributed by atoms with Crippen molar-refractivity contribution in [2.24, 2.45) is 0 Å². The van der Waals surface area contributed by atoms with Gasteiger partial charge >= 0.3 is 12.1 Å². The van der Waals surface area contributed by atoms with E-state index >= 15 is 0 Å². The first-order chi connectivity index (χ1) is 17.2. The second-order valence-electron chi connectivity index (χ2n) is 7.90. The van der Waals surface area contributed by atoms with Crippen LogP contribution in [0.1, 0.15) is 18.5 Å². The third-order valence-electron chi connectivity index (χ3n) is 5.04. The van der Waals surface area contributed by atoms with Crippen LogP contribution in [0.3, 0.4) is 0 Å². The van der Waals surface area contributed by atoms with Crippen molar-refractivity contribution in [1.82, 2.24) is 15.5 Å². The average molecular weight is 654 g/mol. The number of benzene rings is 1. The van der Waals surface area contributed by atoms with E-state index < -0.39 is 62.1 Å². The largest absolute Gasteiger partial charge is 0.456 e. The molecule has 0 saturated carbocycles. The van der Waals surface area contributed by atoms with Gasteiger partial charge in [-0.3, -0.25) is 14.5 Å². The average Bonchev–Trinajstić information content (AvgIpc) is 2.82. The second-order valence-corrected chi connectivity index (χ2v) is 14.0. The fourth-order valence-corrected chi connectivity index (χ4v) is 5.09. The van der Waals surface area contributed by atoms with Crippen molar-refractivity contribution in [3.05, 3.63) is 47.2 Å². The molecule has 0 radical (unpaired) electrons. The van der Waals surface area contributed by atoms with Crippen LogP contribution in [0.4, 0.5) is 4.79 Å². The highest BCUT2D eigenvalue weighted by Crippen LogP contribution is 2.41. The van der Waals surface area contributed by atoms with E-state index in [-0.39, 0.29) is 5.70 Å². The molecule has 1 aromatic rings. The van der Waals surface area contributed by atoms with Crippen LogP contribution in [-0.2, 0) is 23.9 Å². The van der Waals surface area contributed by atoms with Crippen molar-refractivity contribution >= 4 is 105 Å². The number of carbonyl (C=O) groups is 4. The van der Waals surface area contributed by atoms with Gasteiger partial charge in [0, 0.05) is 5.75 Å². The van der Waals surface area contributed by atoms with E-state index in [0.717, 1.165) is 0 Å². The maximum atomic E-state index is 13.2. The maximum Gasteiger partial charge on any atom is 0.408 e. The Bertz CT molecular complexity index is 1090. The standard InChI is InChI=1S/C21H19Cl6N3O6S/c1-10-7-37-17-13(16(32)30(17)14(10)18(33)35-8-20(22,23)24)28-15(31)12(11-5-3-2-4-6-11)29-19(34)36-9-21(25,26)27/h2-6,12-13,17H,7-9H2,1H3,(H,28,31)(H,29,34)/t12?,13-,17+/m1/s1. The molecule has 0 aromatic heterocycles. The Balaban J connectivity index is 1.72. The van der Waals surface area contributed by atoms with E-state index in [0.29, 0.717) is 16.9 Å². The lowest BCUT2D eigenvalue weighted by atomic mass is 10.0. The molecule has 0 bridgehead atoms. The summed E-state index contributed by atoms with van der Waals surface area (Å²) in [5.74, 6) is -1.67. The summed E-state index contributed by atoms with van der Waals surface area (Å²) in [6, 6.07) is 6.06.